The van der Waals surface area contributed by atoms with Crippen molar-refractivity contribution in [3.8, 4) is 11.5 Å². The fraction of sp³-hybridized carbons (Fsp3) is 0.143. The lowest BCUT2D eigenvalue weighted by Crippen LogP contribution is -2.14. The fourth-order valence-electron chi connectivity index (χ4n) is 1.74. The van der Waals surface area contributed by atoms with Crippen LogP contribution in [0.4, 0.5) is 0 Å². The van der Waals surface area contributed by atoms with Crippen molar-refractivity contribution in [1.29, 1.82) is 0 Å². The molecule has 2 rings (SSSR count). The van der Waals surface area contributed by atoms with E-state index in [1.807, 2.05) is 6.92 Å². The molecule has 0 aliphatic rings. The molecule has 23 heavy (non-hydrogen) atoms. The molecule has 7 nitrogen and oxygen atoms in total. The van der Waals surface area contributed by atoms with Crippen molar-refractivity contribution in [1.82, 2.24) is 0 Å². The van der Waals surface area contributed by atoms with Crippen molar-refractivity contribution < 1.29 is 25.8 Å². The summed E-state index contributed by atoms with van der Waals surface area (Å²) >= 11 is 0. The number of benzene rings is 2. The molecule has 0 saturated carbocycles. The molecule has 0 amide bonds. The van der Waals surface area contributed by atoms with Crippen molar-refractivity contribution >= 4 is 20.1 Å². The first-order chi connectivity index (χ1) is 10.7. The number of hydrogen-bond acceptors (Lipinski definition) is 6. The first-order valence-electron chi connectivity index (χ1n) is 6.52. The topological polar surface area (TPSA) is 113 Å². The largest absolute Gasteiger partial charge is 0.494 e. The molecule has 0 fully saturated rings. The average Bonchev–Trinajstić information content (AvgIpc) is 2.49. The van der Waals surface area contributed by atoms with Crippen LogP contribution in [0.25, 0.3) is 0 Å². The molecule has 2 aromatic rings. The summed E-state index contributed by atoms with van der Waals surface area (Å²) < 4.78 is 57.2. The molecule has 0 bridgehead atoms. The van der Waals surface area contributed by atoms with Crippen LogP contribution in [0.5, 0.6) is 11.5 Å². The Labute approximate surface area is 134 Å². The number of primary sulfonamides is 1. The maximum Gasteiger partial charge on any atom is 0.339 e. The predicted octanol–water partition coefficient (Wildman–Crippen LogP) is 1.50. The SMILES string of the molecule is CCOc1ccc(OS(=O)(=O)c2cccc(S(N)(=O)=O)c2)cc1. The Balaban J connectivity index is 2.28. The summed E-state index contributed by atoms with van der Waals surface area (Å²) in [5.41, 5.74) is 0. The van der Waals surface area contributed by atoms with Crippen molar-refractivity contribution in [3.05, 3.63) is 48.5 Å². The Morgan fingerprint density at radius 3 is 2.04 bits per heavy atom. The maximum atomic E-state index is 12.2. The minimum Gasteiger partial charge on any atom is -0.494 e. The Bertz CT molecular complexity index is 889. The molecular weight excluding hydrogens is 342 g/mol. The van der Waals surface area contributed by atoms with Crippen LogP contribution in [0, 0.1) is 0 Å². The normalized spacial score (nSPS) is 11.9. The number of ether oxygens (including phenoxy) is 1. The van der Waals surface area contributed by atoms with E-state index in [2.05, 4.69) is 0 Å². The molecule has 0 atom stereocenters. The van der Waals surface area contributed by atoms with E-state index in [4.69, 9.17) is 14.1 Å². The zero-order chi connectivity index (χ0) is 17.1. The van der Waals surface area contributed by atoms with Gasteiger partial charge in [-0.15, -0.1) is 0 Å². The Morgan fingerprint density at radius 2 is 1.48 bits per heavy atom. The molecule has 9 heteroatoms. The third-order valence-corrected chi connectivity index (χ3v) is 4.92. The summed E-state index contributed by atoms with van der Waals surface area (Å²) in [6, 6.07) is 10.6. The van der Waals surface area contributed by atoms with Gasteiger partial charge >= 0.3 is 10.1 Å². The highest BCUT2D eigenvalue weighted by Crippen LogP contribution is 2.23. The highest BCUT2D eigenvalue weighted by molar-refractivity contribution is 7.89. The maximum absolute atomic E-state index is 12.2. The molecule has 124 valence electrons. The van der Waals surface area contributed by atoms with Crippen LogP contribution in [0.2, 0.25) is 0 Å². The second-order valence-electron chi connectivity index (χ2n) is 4.46. The summed E-state index contributed by atoms with van der Waals surface area (Å²) in [7, 11) is -8.19. The fourth-order valence-corrected chi connectivity index (χ4v) is 3.35. The van der Waals surface area contributed by atoms with Crippen LogP contribution >= 0.6 is 0 Å². The van der Waals surface area contributed by atoms with E-state index in [1.165, 1.54) is 30.3 Å². The molecule has 0 unspecified atom stereocenters. The zero-order valence-electron chi connectivity index (χ0n) is 12.2. The van der Waals surface area contributed by atoms with Crippen LogP contribution in [0.1, 0.15) is 6.92 Å². The summed E-state index contributed by atoms with van der Waals surface area (Å²) in [4.78, 5) is -0.619. The number of nitrogens with two attached hydrogens (primary N) is 1. The zero-order valence-corrected chi connectivity index (χ0v) is 13.8. The van der Waals surface area contributed by atoms with Gasteiger partial charge in [0, 0.05) is 0 Å². The van der Waals surface area contributed by atoms with Gasteiger partial charge in [0.2, 0.25) is 10.0 Å². The second kappa shape index (κ2) is 6.57. The summed E-state index contributed by atoms with van der Waals surface area (Å²) in [6.45, 7) is 2.31. The van der Waals surface area contributed by atoms with Gasteiger partial charge in [0.15, 0.2) is 0 Å². The van der Waals surface area contributed by atoms with Crippen LogP contribution in [-0.2, 0) is 20.1 Å². The molecule has 0 aromatic heterocycles. The number of hydrogen-bond donors (Lipinski definition) is 1. The van der Waals surface area contributed by atoms with Crippen molar-refractivity contribution in [3.63, 3.8) is 0 Å². The Kier molecular flexibility index (Phi) is 4.93. The molecule has 0 saturated heterocycles. The van der Waals surface area contributed by atoms with E-state index in [0.717, 1.165) is 6.07 Å². The smallest absolute Gasteiger partial charge is 0.339 e. The highest BCUT2D eigenvalue weighted by atomic mass is 32.2. The first kappa shape index (κ1) is 17.3. The van der Waals surface area contributed by atoms with Gasteiger partial charge in [0.05, 0.1) is 11.5 Å². The second-order valence-corrected chi connectivity index (χ2v) is 7.57. The van der Waals surface area contributed by atoms with Gasteiger partial charge in [-0.1, -0.05) is 6.07 Å². The third-order valence-electron chi connectivity index (χ3n) is 2.76. The lowest BCUT2D eigenvalue weighted by Gasteiger charge is -2.09. The van der Waals surface area contributed by atoms with Gasteiger partial charge in [0.25, 0.3) is 0 Å². The molecule has 2 aromatic carbocycles. The Morgan fingerprint density at radius 1 is 0.913 bits per heavy atom. The average molecular weight is 357 g/mol. The molecule has 0 radical (unpaired) electrons. The summed E-state index contributed by atoms with van der Waals surface area (Å²) in [5.74, 6) is 0.655. The highest BCUT2D eigenvalue weighted by Gasteiger charge is 2.19. The lowest BCUT2D eigenvalue weighted by atomic mass is 10.3. The monoisotopic (exact) mass is 357 g/mol. The van der Waals surface area contributed by atoms with Gasteiger partial charge < -0.3 is 8.92 Å². The Hall–Kier alpha value is -2.10. The molecule has 0 spiro atoms. The van der Waals surface area contributed by atoms with Gasteiger partial charge in [-0.05, 0) is 49.4 Å². The minimum atomic E-state index is -4.18. The quantitative estimate of drug-likeness (QED) is 0.784. The first-order valence-corrected chi connectivity index (χ1v) is 9.48. The van der Waals surface area contributed by atoms with Gasteiger partial charge in [-0.25, -0.2) is 13.6 Å². The van der Waals surface area contributed by atoms with Crippen molar-refractivity contribution in [2.75, 3.05) is 6.61 Å². The standard InChI is InChI=1S/C14H15NO6S2/c1-2-20-11-6-8-12(9-7-11)21-23(18,19)14-5-3-4-13(10-14)22(15,16)17/h3-10H,2H2,1H3,(H2,15,16,17). The predicted molar refractivity (Wildman–Crippen MR) is 83.2 cm³/mol. The van der Waals surface area contributed by atoms with Crippen LogP contribution in [-0.4, -0.2) is 23.4 Å². The molecule has 0 heterocycles. The van der Waals surface area contributed by atoms with Gasteiger partial charge in [0.1, 0.15) is 16.4 Å². The minimum absolute atomic E-state index is 0.0782. The molecular formula is C14H15NO6S2. The van der Waals surface area contributed by atoms with Crippen LogP contribution in [0.15, 0.2) is 58.3 Å². The van der Waals surface area contributed by atoms with E-state index in [9.17, 15) is 16.8 Å². The van der Waals surface area contributed by atoms with E-state index in [0.29, 0.717) is 12.4 Å². The third kappa shape index (κ3) is 4.44. The van der Waals surface area contributed by atoms with Crippen LogP contribution in [0.3, 0.4) is 0 Å². The van der Waals surface area contributed by atoms with Crippen molar-refractivity contribution in [2.45, 2.75) is 16.7 Å². The summed E-state index contributed by atoms with van der Waals surface area (Å²) in [5, 5.41) is 4.99. The number of rotatable bonds is 6. The summed E-state index contributed by atoms with van der Waals surface area (Å²) in [6.07, 6.45) is 0. The van der Waals surface area contributed by atoms with E-state index < -0.39 is 20.1 Å². The molecule has 0 aliphatic heterocycles. The van der Waals surface area contributed by atoms with Crippen LogP contribution < -0.4 is 14.1 Å². The number of sulfonamides is 1. The molecule has 0 aliphatic carbocycles. The molecule has 2 N–H and O–H groups in total. The van der Waals surface area contributed by atoms with E-state index >= 15 is 0 Å². The van der Waals surface area contributed by atoms with Crippen molar-refractivity contribution in [2.24, 2.45) is 5.14 Å². The van der Waals surface area contributed by atoms with Gasteiger partial charge in [-0.2, -0.15) is 8.42 Å². The van der Waals surface area contributed by atoms with E-state index in [-0.39, 0.29) is 15.5 Å². The van der Waals surface area contributed by atoms with E-state index in [1.54, 1.807) is 12.1 Å². The van der Waals surface area contributed by atoms with Gasteiger partial charge in [-0.3, -0.25) is 0 Å². The lowest BCUT2D eigenvalue weighted by molar-refractivity contribution is 0.340.